The fourth-order valence-corrected chi connectivity index (χ4v) is 3.03. The molecule has 1 fully saturated rings. The number of hydrogen-bond donors (Lipinski definition) is 1. The first-order valence-corrected chi connectivity index (χ1v) is 8.60. The van der Waals surface area contributed by atoms with E-state index in [1.807, 2.05) is 12.1 Å². The number of carbonyl (C=O) groups excluding carboxylic acids is 2. The molecule has 7 nitrogen and oxygen atoms in total. The van der Waals surface area contributed by atoms with Gasteiger partial charge in [0.15, 0.2) is 0 Å². The number of likely N-dealkylation sites (tertiary alicyclic amines) is 1. The Balaban J connectivity index is 1.46. The number of nitrogens with one attached hydrogen (secondary N) is 1. The summed E-state index contributed by atoms with van der Waals surface area (Å²) in [6, 6.07) is 7.13. The van der Waals surface area contributed by atoms with Crippen molar-refractivity contribution in [3.8, 4) is 5.88 Å². The molecule has 3 heterocycles. The first-order chi connectivity index (χ1) is 12.7. The van der Waals surface area contributed by atoms with Crippen LogP contribution in [-0.2, 0) is 11.3 Å². The van der Waals surface area contributed by atoms with Crippen molar-refractivity contribution in [2.24, 2.45) is 5.92 Å². The second kappa shape index (κ2) is 8.42. The van der Waals surface area contributed by atoms with E-state index in [9.17, 15) is 9.59 Å². The molecule has 3 rings (SSSR count). The van der Waals surface area contributed by atoms with Gasteiger partial charge in [-0.25, -0.2) is 4.98 Å². The van der Waals surface area contributed by atoms with Crippen LogP contribution < -0.4 is 10.1 Å². The van der Waals surface area contributed by atoms with Crippen LogP contribution in [-0.4, -0.2) is 46.9 Å². The first kappa shape index (κ1) is 17.8. The monoisotopic (exact) mass is 354 g/mol. The SMILES string of the molecule is COc1ccc(C(=O)N2CCC(CC(=O)NCc3ccncc3)C2)cn1. The van der Waals surface area contributed by atoms with Gasteiger partial charge in [-0.05, 0) is 36.1 Å². The molecule has 2 amide bonds. The molecular weight excluding hydrogens is 332 g/mol. The van der Waals surface area contributed by atoms with E-state index in [4.69, 9.17) is 4.74 Å². The predicted molar refractivity (Wildman–Crippen MR) is 95.5 cm³/mol. The highest BCUT2D eigenvalue weighted by atomic mass is 16.5. The van der Waals surface area contributed by atoms with E-state index in [1.54, 1.807) is 29.4 Å². The van der Waals surface area contributed by atoms with Gasteiger partial charge in [0.2, 0.25) is 11.8 Å². The van der Waals surface area contributed by atoms with Gasteiger partial charge in [-0.1, -0.05) is 0 Å². The zero-order valence-electron chi connectivity index (χ0n) is 14.7. The Bertz CT molecular complexity index is 749. The number of carbonyl (C=O) groups is 2. The molecule has 7 heteroatoms. The second-order valence-corrected chi connectivity index (χ2v) is 6.33. The van der Waals surface area contributed by atoms with Crippen LogP contribution in [0.25, 0.3) is 0 Å². The molecule has 0 saturated carbocycles. The van der Waals surface area contributed by atoms with Crippen LogP contribution in [0.4, 0.5) is 0 Å². The highest BCUT2D eigenvalue weighted by Gasteiger charge is 2.28. The van der Waals surface area contributed by atoms with Gasteiger partial charge in [0.25, 0.3) is 5.91 Å². The van der Waals surface area contributed by atoms with Crippen LogP contribution in [0.1, 0.15) is 28.8 Å². The summed E-state index contributed by atoms with van der Waals surface area (Å²) in [5.41, 5.74) is 1.55. The Morgan fingerprint density at radius 2 is 2.08 bits per heavy atom. The zero-order chi connectivity index (χ0) is 18.4. The average molecular weight is 354 g/mol. The van der Waals surface area contributed by atoms with E-state index in [0.29, 0.717) is 37.5 Å². The van der Waals surface area contributed by atoms with Crippen LogP contribution in [0, 0.1) is 5.92 Å². The summed E-state index contributed by atoms with van der Waals surface area (Å²) in [7, 11) is 1.54. The Labute approximate surface area is 152 Å². The van der Waals surface area contributed by atoms with Crippen molar-refractivity contribution in [1.29, 1.82) is 0 Å². The van der Waals surface area contributed by atoms with Crippen molar-refractivity contribution in [1.82, 2.24) is 20.2 Å². The molecule has 0 aromatic carbocycles. The molecule has 1 N–H and O–H groups in total. The third-order valence-electron chi connectivity index (χ3n) is 4.48. The number of nitrogens with zero attached hydrogens (tertiary/aromatic N) is 3. The third-order valence-corrected chi connectivity index (χ3v) is 4.48. The molecular formula is C19H22N4O3. The molecule has 1 unspecified atom stereocenters. The molecule has 0 radical (unpaired) electrons. The molecule has 0 spiro atoms. The lowest BCUT2D eigenvalue weighted by Crippen LogP contribution is -2.30. The molecule has 26 heavy (non-hydrogen) atoms. The van der Waals surface area contributed by atoms with E-state index < -0.39 is 0 Å². The summed E-state index contributed by atoms with van der Waals surface area (Å²) >= 11 is 0. The second-order valence-electron chi connectivity index (χ2n) is 6.33. The smallest absolute Gasteiger partial charge is 0.255 e. The minimum atomic E-state index is -0.0557. The van der Waals surface area contributed by atoms with Gasteiger partial charge < -0.3 is 15.0 Å². The van der Waals surface area contributed by atoms with E-state index in [1.165, 1.54) is 13.3 Å². The molecule has 2 aromatic rings. The van der Waals surface area contributed by atoms with E-state index in [-0.39, 0.29) is 17.7 Å². The van der Waals surface area contributed by atoms with Gasteiger partial charge in [0.05, 0.1) is 12.7 Å². The highest BCUT2D eigenvalue weighted by molar-refractivity contribution is 5.94. The van der Waals surface area contributed by atoms with E-state index >= 15 is 0 Å². The summed E-state index contributed by atoms with van der Waals surface area (Å²) < 4.78 is 5.01. The molecule has 1 atom stereocenters. The molecule has 2 aromatic heterocycles. The Morgan fingerprint density at radius 1 is 1.27 bits per heavy atom. The number of methoxy groups -OCH3 is 1. The highest BCUT2D eigenvalue weighted by Crippen LogP contribution is 2.22. The quantitative estimate of drug-likeness (QED) is 0.853. The summed E-state index contributed by atoms with van der Waals surface area (Å²) in [5.74, 6) is 0.612. The first-order valence-electron chi connectivity index (χ1n) is 8.60. The maximum atomic E-state index is 12.5. The van der Waals surface area contributed by atoms with Crippen LogP contribution in [0.2, 0.25) is 0 Å². The number of amides is 2. The van der Waals surface area contributed by atoms with Crippen molar-refractivity contribution < 1.29 is 14.3 Å². The lowest BCUT2D eigenvalue weighted by molar-refractivity contribution is -0.122. The van der Waals surface area contributed by atoms with Crippen molar-refractivity contribution in [2.75, 3.05) is 20.2 Å². The fraction of sp³-hybridized carbons (Fsp3) is 0.368. The third kappa shape index (κ3) is 4.56. The van der Waals surface area contributed by atoms with Crippen LogP contribution in [0.3, 0.4) is 0 Å². The molecule has 136 valence electrons. The lowest BCUT2D eigenvalue weighted by Gasteiger charge is -2.16. The van der Waals surface area contributed by atoms with Crippen molar-refractivity contribution >= 4 is 11.8 Å². The van der Waals surface area contributed by atoms with Crippen LogP contribution in [0.15, 0.2) is 42.9 Å². The number of ether oxygens (including phenoxy) is 1. The molecule has 1 aliphatic rings. The summed E-state index contributed by atoms with van der Waals surface area (Å²) in [6.45, 7) is 1.74. The van der Waals surface area contributed by atoms with Gasteiger partial charge in [-0.3, -0.25) is 14.6 Å². The number of rotatable bonds is 6. The van der Waals surface area contributed by atoms with Gasteiger partial charge >= 0.3 is 0 Å². The van der Waals surface area contributed by atoms with E-state index in [2.05, 4.69) is 15.3 Å². The largest absolute Gasteiger partial charge is 0.481 e. The standard InChI is InChI=1S/C19H22N4O3/c1-26-18-3-2-16(12-22-18)19(25)23-9-6-15(13-23)10-17(24)21-11-14-4-7-20-8-5-14/h2-5,7-8,12,15H,6,9-11,13H2,1H3,(H,21,24). The summed E-state index contributed by atoms with van der Waals surface area (Å²) in [6.07, 6.45) is 6.19. The summed E-state index contributed by atoms with van der Waals surface area (Å²) in [4.78, 5) is 34.5. The molecule has 1 saturated heterocycles. The van der Waals surface area contributed by atoms with Crippen LogP contribution >= 0.6 is 0 Å². The molecule has 1 aliphatic heterocycles. The van der Waals surface area contributed by atoms with Crippen molar-refractivity contribution in [3.63, 3.8) is 0 Å². The lowest BCUT2D eigenvalue weighted by atomic mass is 10.0. The normalized spacial score (nSPS) is 16.3. The van der Waals surface area contributed by atoms with E-state index in [0.717, 1.165) is 12.0 Å². The number of aromatic nitrogens is 2. The minimum absolute atomic E-state index is 0.00669. The maximum Gasteiger partial charge on any atom is 0.255 e. The van der Waals surface area contributed by atoms with Gasteiger partial charge in [0.1, 0.15) is 0 Å². The average Bonchev–Trinajstić information content (AvgIpc) is 3.15. The Morgan fingerprint density at radius 3 is 2.77 bits per heavy atom. The van der Waals surface area contributed by atoms with Gasteiger partial charge in [0, 0.05) is 50.7 Å². The van der Waals surface area contributed by atoms with Gasteiger partial charge in [-0.2, -0.15) is 0 Å². The minimum Gasteiger partial charge on any atom is -0.481 e. The number of pyridine rings is 2. The Kier molecular flexibility index (Phi) is 5.78. The van der Waals surface area contributed by atoms with Gasteiger partial charge in [-0.15, -0.1) is 0 Å². The topological polar surface area (TPSA) is 84.4 Å². The molecule has 0 bridgehead atoms. The van der Waals surface area contributed by atoms with Crippen molar-refractivity contribution in [3.05, 3.63) is 54.0 Å². The fourth-order valence-electron chi connectivity index (χ4n) is 3.03. The predicted octanol–water partition coefficient (Wildman–Crippen LogP) is 1.65. The maximum absolute atomic E-state index is 12.5. The van der Waals surface area contributed by atoms with Crippen molar-refractivity contribution in [2.45, 2.75) is 19.4 Å². The Hall–Kier alpha value is -2.96. The van der Waals surface area contributed by atoms with Crippen LogP contribution in [0.5, 0.6) is 5.88 Å². The zero-order valence-corrected chi connectivity index (χ0v) is 14.7. The summed E-state index contributed by atoms with van der Waals surface area (Å²) in [5, 5.41) is 2.92. The number of hydrogen-bond acceptors (Lipinski definition) is 5. The molecule has 0 aliphatic carbocycles.